The van der Waals surface area contributed by atoms with E-state index in [1.165, 1.54) is 18.2 Å². The molecule has 0 aliphatic carbocycles. The number of hydrogen-bond acceptors (Lipinski definition) is 3. The van der Waals surface area contributed by atoms with Crippen molar-refractivity contribution in [3.05, 3.63) is 63.9 Å². The summed E-state index contributed by atoms with van der Waals surface area (Å²) in [6.45, 7) is 1.83. The first-order chi connectivity index (χ1) is 10.0. The molecule has 0 unspecified atom stereocenters. The van der Waals surface area contributed by atoms with Gasteiger partial charge in [-0.2, -0.15) is 5.26 Å². The van der Waals surface area contributed by atoms with Crippen LogP contribution < -0.4 is 10.5 Å². The number of hydrogen-bond donors (Lipinski definition) is 1. The summed E-state index contributed by atoms with van der Waals surface area (Å²) in [6.07, 6.45) is 0. The van der Waals surface area contributed by atoms with Crippen LogP contribution in [0.4, 0.5) is 4.39 Å². The van der Waals surface area contributed by atoms with Gasteiger partial charge < -0.3 is 10.5 Å². The van der Waals surface area contributed by atoms with Crippen LogP contribution in [0, 0.1) is 17.1 Å². The van der Waals surface area contributed by atoms with Gasteiger partial charge in [-0.15, -0.1) is 0 Å². The topological polar surface area (TPSA) is 59.0 Å². The number of ether oxygens (including phenoxy) is 1. The van der Waals surface area contributed by atoms with Gasteiger partial charge in [0.1, 0.15) is 18.2 Å². The Morgan fingerprint density at radius 2 is 2.10 bits per heavy atom. The second-order valence-corrected chi connectivity index (χ2v) is 5.11. The van der Waals surface area contributed by atoms with Crippen LogP contribution in [0.1, 0.15) is 29.7 Å². The zero-order valence-electron chi connectivity index (χ0n) is 11.4. The van der Waals surface area contributed by atoms with E-state index in [0.717, 1.165) is 5.56 Å². The molecular weight excluding hydrogens is 291 g/mol. The Balaban J connectivity index is 2.23. The largest absolute Gasteiger partial charge is 0.488 e. The Morgan fingerprint density at radius 3 is 2.76 bits per heavy atom. The lowest BCUT2D eigenvalue weighted by Crippen LogP contribution is -2.08. The molecule has 2 aromatic carbocycles. The van der Waals surface area contributed by atoms with E-state index in [9.17, 15) is 4.39 Å². The highest BCUT2D eigenvalue weighted by molar-refractivity contribution is 6.30. The van der Waals surface area contributed by atoms with Crippen molar-refractivity contribution in [2.75, 3.05) is 0 Å². The smallest absolute Gasteiger partial charge is 0.129 e. The molecule has 3 nitrogen and oxygen atoms in total. The molecule has 2 N–H and O–H groups in total. The highest BCUT2D eigenvalue weighted by Crippen LogP contribution is 2.28. The Labute approximate surface area is 127 Å². The van der Waals surface area contributed by atoms with E-state index in [1.807, 2.05) is 13.0 Å². The van der Waals surface area contributed by atoms with Crippen molar-refractivity contribution in [2.45, 2.75) is 19.6 Å². The molecule has 0 heterocycles. The van der Waals surface area contributed by atoms with Crippen molar-refractivity contribution in [1.82, 2.24) is 0 Å². The first-order valence-electron chi connectivity index (χ1n) is 6.37. The van der Waals surface area contributed by atoms with Crippen molar-refractivity contribution < 1.29 is 9.13 Å². The molecule has 2 aromatic rings. The summed E-state index contributed by atoms with van der Waals surface area (Å²) in [7, 11) is 0. The fraction of sp³-hybridized carbons (Fsp3) is 0.188. The van der Waals surface area contributed by atoms with E-state index in [1.54, 1.807) is 18.2 Å². The summed E-state index contributed by atoms with van der Waals surface area (Å²) < 4.78 is 19.3. The minimum Gasteiger partial charge on any atom is -0.488 e. The van der Waals surface area contributed by atoms with Crippen LogP contribution in [0.3, 0.4) is 0 Å². The molecule has 0 spiro atoms. The summed E-state index contributed by atoms with van der Waals surface area (Å²) in [5.74, 6) is 0.140. The molecule has 5 heteroatoms. The lowest BCUT2D eigenvalue weighted by molar-refractivity contribution is 0.295. The molecule has 1 atom stereocenters. The van der Waals surface area contributed by atoms with Gasteiger partial charge in [0, 0.05) is 22.2 Å². The van der Waals surface area contributed by atoms with Gasteiger partial charge in [-0.3, -0.25) is 0 Å². The molecule has 108 valence electrons. The normalized spacial score (nSPS) is 11.8. The van der Waals surface area contributed by atoms with Crippen molar-refractivity contribution >= 4 is 11.6 Å². The molecule has 0 saturated carbocycles. The predicted molar refractivity (Wildman–Crippen MR) is 79.5 cm³/mol. The van der Waals surface area contributed by atoms with E-state index < -0.39 is 5.82 Å². The summed E-state index contributed by atoms with van der Waals surface area (Å²) in [6, 6.07) is 11.0. The molecule has 21 heavy (non-hydrogen) atoms. The quantitative estimate of drug-likeness (QED) is 0.930. The third kappa shape index (κ3) is 3.72. The molecule has 0 aliphatic heterocycles. The molecule has 0 amide bonds. The summed E-state index contributed by atoms with van der Waals surface area (Å²) in [5.41, 5.74) is 7.33. The fourth-order valence-electron chi connectivity index (χ4n) is 1.92. The molecule has 0 radical (unpaired) electrons. The van der Waals surface area contributed by atoms with Crippen LogP contribution >= 0.6 is 11.6 Å². The monoisotopic (exact) mass is 304 g/mol. The van der Waals surface area contributed by atoms with Gasteiger partial charge in [-0.1, -0.05) is 11.6 Å². The Bertz CT molecular complexity index is 695. The number of halogens is 2. The van der Waals surface area contributed by atoms with Gasteiger partial charge >= 0.3 is 0 Å². The zero-order chi connectivity index (χ0) is 15.4. The number of nitrogens with zero attached hydrogens (tertiary/aromatic N) is 1. The molecular formula is C16H14ClFN2O. The van der Waals surface area contributed by atoms with E-state index in [4.69, 9.17) is 27.3 Å². The molecule has 0 fully saturated rings. The first-order valence-corrected chi connectivity index (χ1v) is 6.75. The van der Waals surface area contributed by atoms with E-state index in [0.29, 0.717) is 21.9 Å². The van der Waals surface area contributed by atoms with Crippen LogP contribution in [0.2, 0.25) is 5.02 Å². The number of rotatable bonds is 4. The van der Waals surface area contributed by atoms with Gasteiger partial charge in [-0.25, -0.2) is 4.39 Å². The van der Waals surface area contributed by atoms with Crippen molar-refractivity contribution in [2.24, 2.45) is 5.73 Å². The fourth-order valence-corrected chi connectivity index (χ4v) is 2.10. The third-order valence-electron chi connectivity index (χ3n) is 3.02. The second-order valence-electron chi connectivity index (χ2n) is 4.68. The van der Waals surface area contributed by atoms with Gasteiger partial charge in [0.05, 0.1) is 11.6 Å². The summed E-state index contributed by atoms with van der Waals surface area (Å²) >= 11 is 5.94. The maximum atomic E-state index is 13.7. The van der Waals surface area contributed by atoms with Crippen LogP contribution in [0.15, 0.2) is 36.4 Å². The Kier molecular flexibility index (Phi) is 4.79. The predicted octanol–water partition coefficient (Wildman–Crippen LogP) is 3.95. The van der Waals surface area contributed by atoms with Crippen LogP contribution in [0.5, 0.6) is 5.75 Å². The van der Waals surface area contributed by atoms with Crippen molar-refractivity contribution in [3.8, 4) is 11.8 Å². The van der Waals surface area contributed by atoms with Gasteiger partial charge in [0.15, 0.2) is 0 Å². The van der Waals surface area contributed by atoms with Gasteiger partial charge in [-0.05, 0) is 43.3 Å². The summed E-state index contributed by atoms with van der Waals surface area (Å²) in [4.78, 5) is 0. The number of nitrogens with two attached hydrogens (primary N) is 1. The highest BCUT2D eigenvalue weighted by Gasteiger charge is 2.11. The Hall–Kier alpha value is -2.09. The zero-order valence-corrected chi connectivity index (χ0v) is 12.2. The molecule has 0 bridgehead atoms. The maximum Gasteiger partial charge on any atom is 0.129 e. The third-order valence-corrected chi connectivity index (χ3v) is 3.26. The van der Waals surface area contributed by atoms with Crippen molar-refractivity contribution in [3.63, 3.8) is 0 Å². The van der Waals surface area contributed by atoms with Gasteiger partial charge in [0.25, 0.3) is 0 Å². The molecule has 2 rings (SSSR count). The summed E-state index contributed by atoms with van der Waals surface area (Å²) in [5, 5.41) is 9.40. The lowest BCUT2D eigenvalue weighted by Gasteiger charge is -2.14. The number of nitriles is 1. The maximum absolute atomic E-state index is 13.7. The molecule has 0 aromatic heterocycles. The average Bonchev–Trinajstić information content (AvgIpc) is 2.47. The van der Waals surface area contributed by atoms with Crippen LogP contribution in [-0.4, -0.2) is 0 Å². The second kappa shape index (κ2) is 6.57. The standard InChI is InChI=1S/C16H14ClFN2O/c1-10(20)14-7-13(17)3-5-16(14)21-9-12-6-11(8-19)2-4-15(12)18/h2-7,10H,9,20H2,1H3/t10-/m1/s1. The van der Waals surface area contributed by atoms with Gasteiger partial charge in [0.2, 0.25) is 0 Å². The Morgan fingerprint density at radius 1 is 1.33 bits per heavy atom. The lowest BCUT2D eigenvalue weighted by atomic mass is 10.1. The van der Waals surface area contributed by atoms with Crippen molar-refractivity contribution in [1.29, 1.82) is 5.26 Å². The van der Waals surface area contributed by atoms with E-state index in [2.05, 4.69) is 0 Å². The first kappa shape index (κ1) is 15.3. The van der Waals surface area contributed by atoms with Crippen LogP contribution in [-0.2, 0) is 6.61 Å². The van der Waals surface area contributed by atoms with E-state index in [-0.39, 0.29) is 12.6 Å². The highest BCUT2D eigenvalue weighted by atomic mass is 35.5. The number of benzene rings is 2. The SMILES string of the molecule is C[C@@H](N)c1cc(Cl)ccc1OCc1cc(C#N)ccc1F. The van der Waals surface area contributed by atoms with Crippen LogP contribution in [0.25, 0.3) is 0 Å². The minimum absolute atomic E-state index is 0.0166. The van der Waals surface area contributed by atoms with E-state index >= 15 is 0 Å². The molecule has 0 saturated heterocycles. The molecule has 0 aliphatic rings. The minimum atomic E-state index is -0.412. The average molecular weight is 305 g/mol.